The highest BCUT2D eigenvalue weighted by molar-refractivity contribution is 9.10. The molecular formula is C24H22BrClN2O3S. The number of carbonyl (C=O) groups is 1. The van der Waals surface area contributed by atoms with Gasteiger partial charge in [0.25, 0.3) is 0 Å². The zero-order chi connectivity index (χ0) is 22.8. The number of methoxy groups -OCH3 is 1. The van der Waals surface area contributed by atoms with Crippen LogP contribution < -0.4 is 14.9 Å². The third kappa shape index (κ3) is 7.29. The largest absolute Gasteiger partial charge is 0.493 e. The Morgan fingerprint density at radius 2 is 1.91 bits per heavy atom. The molecule has 0 aliphatic heterocycles. The Balaban J connectivity index is 1.54. The van der Waals surface area contributed by atoms with Gasteiger partial charge in [0.2, 0.25) is 5.91 Å². The fraction of sp³-hybridized carbons (Fsp3) is 0.167. The summed E-state index contributed by atoms with van der Waals surface area (Å²) in [5, 5.41) is 4.69. The van der Waals surface area contributed by atoms with Gasteiger partial charge in [-0.05, 0) is 45.3 Å². The van der Waals surface area contributed by atoms with Gasteiger partial charge in [-0.15, -0.1) is 11.8 Å². The van der Waals surface area contributed by atoms with E-state index in [1.54, 1.807) is 19.4 Å². The molecule has 0 saturated heterocycles. The number of nitrogens with one attached hydrogen (secondary N) is 1. The molecule has 0 heterocycles. The van der Waals surface area contributed by atoms with E-state index in [1.807, 2.05) is 60.7 Å². The molecule has 0 aromatic heterocycles. The van der Waals surface area contributed by atoms with Gasteiger partial charge in [-0.3, -0.25) is 4.79 Å². The highest BCUT2D eigenvalue weighted by Gasteiger charge is 2.12. The van der Waals surface area contributed by atoms with E-state index in [2.05, 4.69) is 26.5 Å². The molecule has 1 amide bonds. The van der Waals surface area contributed by atoms with E-state index < -0.39 is 0 Å². The Morgan fingerprint density at radius 1 is 1.16 bits per heavy atom. The molecule has 3 aromatic rings. The van der Waals surface area contributed by atoms with Crippen molar-refractivity contribution in [3.8, 4) is 11.5 Å². The summed E-state index contributed by atoms with van der Waals surface area (Å²) in [5.74, 6) is 2.04. The van der Waals surface area contributed by atoms with E-state index in [4.69, 9.17) is 21.1 Å². The van der Waals surface area contributed by atoms with Crippen LogP contribution in [0.1, 0.15) is 16.7 Å². The molecule has 0 aliphatic rings. The van der Waals surface area contributed by atoms with Crippen LogP contribution in [-0.4, -0.2) is 25.0 Å². The molecule has 0 aliphatic carbocycles. The molecule has 0 radical (unpaired) electrons. The maximum atomic E-state index is 12.0. The number of ether oxygens (including phenoxy) is 2. The molecule has 0 atom stereocenters. The minimum atomic E-state index is -0.159. The molecule has 8 heteroatoms. The van der Waals surface area contributed by atoms with Crippen molar-refractivity contribution in [2.24, 2.45) is 5.10 Å². The summed E-state index contributed by atoms with van der Waals surface area (Å²) in [6, 6.07) is 21.1. The fourth-order valence-electron chi connectivity index (χ4n) is 2.77. The molecule has 0 unspecified atom stereocenters. The van der Waals surface area contributed by atoms with Crippen molar-refractivity contribution >= 4 is 51.4 Å². The number of amides is 1. The number of hydrogen-bond acceptors (Lipinski definition) is 5. The summed E-state index contributed by atoms with van der Waals surface area (Å²) < 4.78 is 12.1. The normalized spacial score (nSPS) is 10.8. The van der Waals surface area contributed by atoms with Gasteiger partial charge in [-0.1, -0.05) is 60.1 Å². The number of hydrazone groups is 1. The molecule has 0 saturated carbocycles. The van der Waals surface area contributed by atoms with Gasteiger partial charge in [0.1, 0.15) is 6.61 Å². The highest BCUT2D eigenvalue weighted by atomic mass is 79.9. The Morgan fingerprint density at radius 3 is 2.66 bits per heavy atom. The SMILES string of the molecule is COc1cc(C=NNC(=O)CSCc2ccccc2)cc(Br)c1OCc1ccccc1Cl. The molecular weight excluding hydrogens is 512 g/mol. The fourth-order valence-corrected chi connectivity index (χ4v) is 4.31. The maximum Gasteiger partial charge on any atom is 0.250 e. The maximum absolute atomic E-state index is 12.0. The predicted octanol–water partition coefficient (Wildman–Crippen LogP) is 6.07. The van der Waals surface area contributed by atoms with Crippen LogP contribution in [-0.2, 0) is 17.2 Å². The smallest absolute Gasteiger partial charge is 0.250 e. The van der Waals surface area contributed by atoms with Crippen molar-refractivity contribution in [3.63, 3.8) is 0 Å². The zero-order valence-electron chi connectivity index (χ0n) is 17.4. The lowest BCUT2D eigenvalue weighted by Crippen LogP contribution is -2.19. The second-order valence-electron chi connectivity index (χ2n) is 6.69. The first-order valence-corrected chi connectivity index (χ1v) is 12.1. The van der Waals surface area contributed by atoms with Crippen molar-refractivity contribution in [1.29, 1.82) is 0 Å². The number of rotatable bonds is 10. The third-order valence-corrected chi connectivity index (χ3v) is 6.29. The van der Waals surface area contributed by atoms with Crippen LogP contribution in [0.5, 0.6) is 11.5 Å². The Labute approximate surface area is 205 Å². The average Bonchev–Trinajstić information content (AvgIpc) is 2.80. The first kappa shape index (κ1) is 24.2. The lowest BCUT2D eigenvalue weighted by atomic mass is 10.2. The summed E-state index contributed by atoms with van der Waals surface area (Å²) >= 11 is 11.3. The summed E-state index contributed by atoms with van der Waals surface area (Å²) in [7, 11) is 1.57. The van der Waals surface area contributed by atoms with Crippen LogP contribution in [0, 0.1) is 0 Å². The Bertz CT molecular complexity index is 1080. The predicted molar refractivity (Wildman–Crippen MR) is 135 cm³/mol. The molecule has 1 N–H and O–H groups in total. The summed E-state index contributed by atoms with van der Waals surface area (Å²) in [6.07, 6.45) is 1.56. The van der Waals surface area contributed by atoms with E-state index in [-0.39, 0.29) is 5.91 Å². The monoisotopic (exact) mass is 532 g/mol. The van der Waals surface area contributed by atoms with Crippen LogP contribution in [0.4, 0.5) is 0 Å². The molecule has 32 heavy (non-hydrogen) atoms. The minimum absolute atomic E-state index is 0.159. The van der Waals surface area contributed by atoms with Gasteiger partial charge < -0.3 is 9.47 Å². The first-order valence-electron chi connectivity index (χ1n) is 9.74. The summed E-state index contributed by atoms with van der Waals surface area (Å²) in [5.41, 5.74) is 5.36. The van der Waals surface area contributed by atoms with Gasteiger partial charge in [-0.25, -0.2) is 5.43 Å². The molecule has 0 fully saturated rings. The molecule has 0 spiro atoms. The molecule has 3 aromatic carbocycles. The lowest BCUT2D eigenvalue weighted by Gasteiger charge is -2.14. The third-order valence-electron chi connectivity index (χ3n) is 4.33. The second-order valence-corrected chi connectivity index (χ2v) is 8.93. The summed E-state index contributed by atoms with van der Waals surface area (Å²) in [6.45, 7) is 0.304. The van der Waals surface area contributed by atoms with Crippen molar-refractivity contribution in [2.75, 3.05) is 12.9 Å². The quantitative estimate of drug-likeness (QED) is 0.254. The van der Waals surface area contributed by atoms with Crippen LogP contribution in [0.3, 0.4) is 0 Å². The van der Waals surface area contributed by atoms with Crippen LogP contribution in [0.25, 0.3) is 0 Å². The Hall–Kier alpha value is -2.48. The van der Waals surface area contributed by atoms with Gasteiger partial charge in [0.15, 0.2) is 11.5 Å². The van der Waals surface area contributed by atoms with Crippen LogP contribution >= 0.6 is 39.3 Å². The van der Waals surface area contributed by atoms with Gasteiger partial charge in [0, 0.05) is 16.3 Å². The van der Waals surface area contributed by atoms with Gasteiger partial charge in [-0.2, -0.15) is 5.10 Å². The van der Waals surface area contributed by atoms with E-state index in [1.165, 1.54) is 17.3 Å². The zero-order valence-corrected chi connectivity index (χ0v) is 20.5. The van der Waals surface area contributed by atoms with Crippen LogP contribution in [0.2, 0.25) is 5.02 Å². The standard InChI is InChI=1S/C24H22BrClN2O3S/c1-30-22-12-18(11-20(25)24(22)31-14-19-9-5-6-10-21(19)26)13-27-28-23(29)16-32-15-17-7-3-2-4-8-17/h2-13H,14-16H2,1H3,(H,28,29). The number of thioether (sulfide) groups is 1. The van der Waals surface area contributed by atoms with Gasteiger partial charge >= 0.3 is 0 Å². The molecule has 3 rings (SSSR count). The lowest BCUT2D eigenvalue weighted by molar-refractivity contribution is -0.118. The first-order chi connectivity index (χ1) is 15.6. The highest BCUT2D eigenvalue weighted by Crippen LogP contribution is 2.37. The van der Waals surface area contributed by atoms with Crippen molar-refractivity contribution in [3.05, 3.63) is 92.9 Å². The van der Waals surface area contributed by atoms with Crippen molar-refractivity contribution in [1.82, 2.24) is 5.43 Å². The number of hydrogen-bond donors (Lipinski definition) is 1. The van der Waals surface area contributed by atoms with E-state index in [0.717, 1.165) is 16.9 Å². The van der Waals surface area contributed by atoms with Crippen LogP contribution in [0.15, 0.2) is 76.3 Å². The number of carbonyl (C=O) groups excluding carboxylic acids is 1. The van der Waals surface area contributed by atoms with Crippen molar-refractivity contribution < 1.29 is 14.3 Å². The summed E-state index contributed by atoms with van der Waals surface area (Å²) in [4.78, 5) is 12.0. The molecule has 0 bridgehead atoms. The van der Waals surface area contributed by atoms with Crippen molar-refractivity contribution in [2.45, 2.75) is 12.4 Å². The van der Waals surface area contributed by atoms with E-state index >= 15 is 0 Å². The molecule has 5 nitrogen and oxygen atoms in total. The van der Waals surface area contributed by atoms with Gasteiger partial charge in [0.05, 0.1) is 23.5 Å². The number of halogens is 2. The number of nitrogens with zero attached hydrogens (tertiary/aromatic N) is 1. The number of benzene rings is 3. The average molecular weight is 534 g/mol. The topological polar surface area (TPSA) is 59.9 Å². The Kier molecular flexibility index (Phi) is 9.46. The van der Waals surface area contributed by atoms with E-state index in [0.29, 0.717) is 33.4 Å². The second kappa shape index (κ2) is 12.5. The minimum Gasteiger partial charge on any atom is -0.493 e. The molecule has 166 valence electrons. The van der Waals surface area contributed by atoms with E-state index in [9.17, 15) is 4.79 Å².